The third-order valence-corrected chi connectivity index (χ3v) is 6.32. The van der Waals surface area contributed by atoms with E-state index in [1.807, 2.05) is 24.5 Å². The Hall–Kier alpha value is -3.27. The topological polar surface area (TPSA) is 17.4 Å². The van der Waals surface area contributed by atoms with Gasteiger partial charge < -0.3 is 9.74 Å². The second-order valence-corrected chi connectivity index (χ2v) is 9.40. The van der Waals surface area contributed by atoms with E-state index in [1.165, 1.54) is 22.3 Å². The molecular formula is C32H43FN2O. The number of rotatable bonds is 13. The van der Waals surface area contributed by atoms with Gasteiger partial charge in [-0.15, -0.1) is 0 Å². The van der Waals surface area contributed by atoms with Gasteiger partial charge in [-0.05, 0) is 100 Å². The molecule has 0 fully saturated rings. The van der Waals surface area contributed by atoms with Crippen molar-refractivity contribution < 1.29 is 9.23 Å². The van der Waals surface area contributed by atoms with Gasteiger partial charge in [-0.25, -0.2) is 4.39 Å². The van der Waals surface area contributed by atoms with Crippen LogP contribution in [0.3, 0.4) is 0 Å². The fraction of sp³-hybridized carbons (Fsp3) is 0.375. The lowest BCUT2D eigenvalue weighted by Gasteiger charge is -2.23. The number of aryl methyl sites for hydroxylation is 2. The van der Waals surface area contributed by atoms with Crippen LogP contribution in [0.4, 0.5) is 4.39 Å². The lowest BCUT2D eigenvalue weighted by Crippen LogP contribution is -2.22. The Morgan fingerprint density at radius 2 is 1.81 bits per heavy atom. The molecule has 0 atom stereocenters. The first-order chi connectivity index (χ1) is 17.2. The van der Waals surface area contributed by atoms with Crippen molar-refractivity contribution >= 4 is 5.57 Å². The largest absolute Gasteiger partial charge is 0.410 e. The number of hydrogen-bond donors (Lipinski definition) is 0. The van der Waals surface area contributed by atoms with E-state index in [9.17, 15) is 4.39 Å². The number of alkyl halides is 1. The Balaban J connectivity index is 2.22. The Morgan fingerprint density at radius 3 is 2.44 bits per heavy atom. The lowest BCUT2D eigenvalue weighted by atomic mass is 9.93. The van der Waals surface area contributed by atoms with Crippen molar-refractivity contribution in [1.29, 1.82) is 0 Å². The molecule has 1 aromatic carbocycles. The van der Waals surface area contributed by atoms with E-state index in [0.29, 0.717) is 6.61 Å². The van der Waals surface area contributed by atoms with Crippen molar-refractivity contribution in [3.63, 3.8) is 0 Å². The Bertz CT molecular complexity index is 1140. The third-order valence-electron chi connectivity index (χ3n) is 6.32. The van der Waals surface area contributed by atoms with Gasteiger partial charge in [-0.1, -0.05) is 48.9 Å². The highest BCUT2D eigenvalue weighted by molar-refractivity contribution is 5.79. The number of benzene rings is 1. The first-order valence-electron chi connectivity index (χ1n) is 12.8. The number of hydrogen-bond acceptors (Lipinski definition) is 2. The van der Waals surface area contributed by atoms with Crippen molar-refractivity contribution in [3.05, 3.63) is 101 Å². The van der Waals surface area contributed by atoms with Crippen LogP contribution in [0.15, 0.2) is 84.4 Å². The highest BCUT2D eigenvalue weighted by atomic mass is 19.1. The van der Waals surface area contributed by atoms with Crippen LogP contribution in [0.2, 0.25) is 0 Å². The van der Waals surface area contributed by atoms with E-state index in [0.717, 1.165) is 47.5 Å². The molecule has 2 rings (SSSR count). The number of nitrogens with zero attached hydrogens (tertiary/aromatic N) is 2. The zero-order valence-electron chi connectivity index (χ0n) is 23.2. The Kier molecular flexibility index (Phi) is 11.5. The molecule has 0 saturated heterocycles. The number of halogens is 1. The first-order valence-corrected chi connectivity index (χ1v) is 12.8. The molecule has 1 heterocycles. The quantitative estimate of drug-likeness (QED) is 0.208. The Morgan fingerprint density at radius 1 is 1.06 bits per heavy atom. The second-order valence-electron chi connectivity index (χ2n) is 9.40. The van der Waals surface area contributed by atoms with Crippen LogP contribution in [0.1, 0.15) is 57.7 Å². The molecule has 0 aliphatic heterocycles. The molecule has 0 amide bonds. The Labute approximate surface area is 217 Å². The summed E-state index contributed by atoms with van der Waals surface area (Å²) < 4.78 is 15.0. The molecule has 0 aliphatic carbocycles. The van der Waals surface area contributed by atoms with Crippen LogP contribution in [0, 0.1) is 13.8 Å². The summed E-state index contributed by atoms with van der Waals surface area (Å²) in [4.78, 5) is 7.98. The van der Waals surface area contributed by atoms with Crippen LogP contribution >= 0.6 is 0 Å². The summed E-state index contributed by atoms with van der Waals surface area (Å²) in [6, 6.07) is 6.46. The van der Waals surface area contributed by atoms with E-state index in [1.54, 1.807) is 10.8 Å². The predicted octanol–water partition coefficient (Wildman–Crippen LogP) is 8.27. The minimum Gasteiger partial charge on any atom is -0.410 e. The van der Waals surface area contributed by atoms with E-state index < -0.39 is 6.67 Å². The summed E-state index contributed by atoms with van der Waals surface area (Å²) in [5.41, 5.74) is 10.0. The summed E-state index contributed by atoms with van der Waals surface area (Å²) in [6.07, 6.45) is 14.9. The monoisotopic (exact) mass is 490 g/mol. The van der Waals surface area contributed by atoms with Gasteiger partial charge in [-0.2, -0.15) is 4.73 Å². The zero-order chi connectivity index (χ0) is 26.7. The summed E-state index contributed by atoms with van der Waals surface area (Å²) in [5, 5.41) is 0. The average molecular weight is 491 g/mol. The molecule has 3 nitrogen and oxygen atoms in total. The van der Waals surface area contributed by atoms with Gasteiger partial charge in [0.05, 0.1) is 6.20 Å². The number of aromatic nitrogens is 1. The van der Waals surface area contributed by atoms with Crippen molar-refractivity contribution in [1.82, 2.24) is 9.63 Å². The lowest BCUT2D eigenvalue weighted by molar-refractivity contribution is 0.135. The summed E-state index contributed by atoms with van der Waals surface area (Å²) in [6.45, 7) is 20.6. The highest BCUT2D eigenvalue weighted by Gasteiger charge is 2.10. The third kappa shape index (κ3) is 8.44. The number of allylic oxidation sites excluding steroid dienone is 6. The molecule has 0 spiro atoms. The molecule has 0 unspecified atom stereocenters. The van der Waals surface area contributed by atoms with Crippen molar-refractivity contribution in [3.8, 4) is 11.1 Å². The molecule has 1 aromatic heterocycles. The van der Waals surface area contributed by atoms with Crippen LogP contribution < -0.4 is 4.84 Å². The van der Waals surface area contributed by atoms with E-state index in [-0.39, 0.29) is 0 Å². The van der Waals surface area contributed by atoms with Gasteiger partial charge in [-0.3, -0.25) is 0 Å². The molecule has 36 heavy (non-hydrogen) atoms. The first kappa shape index (κ1) is 29.0. The van der Waals surface area contributed by atoms with Crippen LogP contribution in [0.5, 0.6) is 0 Å². The smallest absolute Gasteiger partial charge is 0.133 e. The predicted molar refractivity (Wildman–Crippen MR) is 154 cm³/mol. The summed E-state index contributed by atoms with van der Waals surface area (Å²) >= 11 is 0. The summed E-state index contributed by atoms with van der Waals surface area (Å²) in [5.74, 6) is 0. The van der Waals surface area contributed by atoms with Gasteiger partial charge in [0.25, 0.3) is 0 Å². The molecule has 0 aliphatic rings. The normalized spacial score (nSPS) is 12.2. The molecule has 194 valence electrons. The molecule has 2 aromatic rings. The molecular weight excluding hydrogens is 447 g/mol. The molecule has 4 heteroatoms. The summed E-state index contributed by atoms with van der Waals surface area (Å²) in [7, 11) is 0. The van der Waals surface area contributed by atoms with Gasteiger partial charge in [0.1, 0.15) is 13.3 Å². The maximum atomic E-state index is 13.2. The number of likely N-dealkylation sites (N-methyl/N-ethyl adjacent to an activating group) is 1. The van der Waals surface area contributed by atoms with Gasteiger partial charge >= 0.3 is 0 Å². The van der Waals surface area contributed by atoms with E-state index in [4.69, 9.17) is 4.84 Å². The highest BCUT2D eigenvalue weighted by Crippen LogP contribution is 2.30. The van der Waals surface area contributed by atoms with Gasteiger partial charge in [0, 0.05) is 30.5 Å². The van der Waals surface area contributed by atoms with Crippen molar-refractivity contribution in [2.45, 2.75) is 54.9 Å². The molecule has 0 saturated carbocycles. The second kappa shape index (κ2) is 14.3. The van der Waals surface area contributed by atoms with Crippen LogP contribution in [-0.2, 0) is 0 Å². The standard InChI is InChI=1S/C32H43FN2O/c1-9-25(5)16-20-36-35-19-15-29(23-35)32-22-27(7)31(21-28(32)8)26(6)11-12-30(13-17-33)34(10-2)18-14-24(3)4/h11-16,19,21-23H,6,9-10,17-18,20H2,1-5,7-8H3/b12-11-,25-16+,30-13+. The zero-order valence-corrected chi connectivity index (χ0v) is 23.2. The van der Waals surface area contributed by atoms with Gasteiger partial charge in [0.2, 0.25) is 0 Å². The minimum absolute atomic E-state index is 0.498. The fourth-order valence-electron chi connectivity index (χ4n) is 3.87. The maximum absolute atomic E-state index is 13.2. The average Bonchev–Trinajstić information content (AvgIpc) is 3.31. The molecule has 0 bridgehead atoms. The fourth-order valence-corrected chi connectivity index (χ4v) is 3.87. The SMILES string of the molecule is C=C(/C=C\C(=C/CF)N(CC)CC=C(C)C)c1cc(C)c(-c2ccn(OC/C=C(\C)CC)c2)cc1C. The van der Waals surface area contributed by atoms with Crippen LogP contribution in [-0.4, -0.2) is 36.0 Å². The van der Waals surface area contributed by atoms with Crippen molar-refractivity contribution in [2.75, 3.05) is 26.4 Å². The molecule has 0 N–H and O–H groups in total. The maximum Gasteiger partial charge on any atom is 0.133 e. The van der Waals surface area contributed by atoms with E-state index in [2.05, 4.69) is 90.3 Å². The van der Waals surface area contributed by atoms with E-state index >= 15 is 0 Å². The van der Waals surface area contributed by atoms with Crippen LogP contribution in [0.25, 0.3) is 16.7 Å². The molecule has 0 radical (unpaired) electrons. The minimum atomic E-state index is -0.498. The van der Waals surface area contributed by atoms with Gasteiger partial charge in [0.15, 0.2) is 0 Å². The van der Waals surface area contributed by atoms with Crippen molar-refractivity contribution in [2.24, 2.45) is 0 Å².